The first kappa shape index (κ1) is 16.5. The van der Waals surface area contributed by atoms with Crippen molar-refractivity contribution in [3.05, 3.63) is 66.0 Å². The number of carbonyl (C=O) groups is 1. The van der Waals surface area contributed by atoms with Gasteiger partial charge in [-0.1, -0.05) is 12.1 Å². The van der Waals surface area contributed by atoms with Crippen molar-refractivity contribution in [3.8, 4) is 0 Å². The van der Waals surface area contributed by atoms with Gasteiger partial charge in [-0.3, -0.25) is 9.78 Å². The minimum Gasteiger partial charge on any atom is -0.373 e. The summed E-state index contributed by atoms with van der Waals surface area (Å²) >= 11 is 0. The minimum absolute atomic E-state index is 0.0937. The van der Waals surface area contributed by atoms with Crippen LogP contribution in [0.3, 0.4) is 0 Å². The number of carbonyl (C=O) groups excluding carboxylic acids is 1. The fourth-order valence-corrected chi connectivity index (χ4v) is 3.73. The van der Waals surface area contributed by atoms with Gasteiger partial charge in [0.25, 0.3) is 5.91 Å². The summed E-state index contributed by atoms with van der Waals surface area (Å²) in [6.07, 6.45) is 5.69. The largest absolute Gasteiger partial charge is 0.373 e. The van der Waals surface area contributed by atoms with Crippen molar-refractivity contribution in [2.24, 2.45) is 0 Å². The van der Waals surface area contributed by atoms with Gasteiger partial charge >= 0.3 is 0 Å². The van der Waals surface area contributed by atoms with Crippen molar-refractivity contribution in [1.82, 2.24) is 14.9 Å². The van der Waals surface area contributed by atoms with Gasteiger partial charge in [-0.2, -0.15) is 0 Å². The maximum absolute atomic E-state index is 13.2. The number of nitrogens with zero attached hydrogens (tertiary/aromatic N) is 3. The number of anilines is 1. The van der Waals surface area contributed by atoms with Gasteiger partial charge in [-0.25, -0.2) is 4.98 Å². The quantitative estimate of drug-likeness (QED) is 0.786. The third kappa shape index (κ3) is 3.12. The standard InChI is InChI=1S/C21H22N4O/c1-22-20-13-15(9-11-24-20)16-5-4-12-25(14-16)21(26)18-6-2-8-19-17(18)7-3-10-23-19/h2-3,6-11,13,16H,4-5,12,14H2,1H3,(H,22,24). The van der Waals surface area contributed by atoms with Crippen molar-refractivity contribution in [1.29, 1.82) is 0 Å². The third-order valence-corrected chi connectivity index (χ3v) is 5.10. The van der Waals surface area contributed by atoms with Gasteiger partial charge in [0.05, 0.1) is 5.52 Å². The number of piperidine rings is 1. The predicted octanol–water partition coefficient (Wildman–Crippen LogP) is 3.69. The number of nitrogens with one attached hydrogen (secondary N) is 1. The van der Waals surface area contributed by atoms with Gasteiger partial charge in [0.1, 0.15) is 5.82 Å². The Morgan fingerprint density at radius 1 is 1.15 bits per heavy atom. The lowest BCUT2D eigenvalue weighted by molar-refractivity contribution is 0.0709. The molecule has 1 N–H and O–H groups in total. The summed E-state index contributed by atoms with van der Waals surface area (Å²) < 4.78 is 0. The van der Waals surface area contributed by atoms with Crippen LogP contribution >= 0.6 is 0 Å². The van der Waals surface area contributed by atoms with Crippen LogP contribution in [0.15, 0.2) is 54.9 Å². The first-order valence-electron chi connectivity index (χ1n) is 9.03. The first-order valence-corrected chi connectivity index (χ1v) is 9.03. The molecule has 0 aliphatic carbocycles. The van der Waals surface area contributed by atoms with E-state index in [-0.39, 0.29) is 5.91 Å². The highest BCUT2D eigenvalue weighted by Crippen LogP contribution is 2.29. The van der Waals surface area contributed by atoms with Crippen LogP contribution in [0.25, 0.3) is 10.9 Å². The Morgan fingerprint density at radius 2 is 2.08 bits per heavy atom. The molecule has 0 bridgehead atoms. The monoisotopic (exact) mass is 346 g/mol. The molecule has 132 valence electrons. The Kier molecular flexibility index (Phi) is 4.52. The van der Waals surface area contributed by atoms with Gasteiger partial charge in [0.15, 0.2) is 0 Å². The lowest BCUT2D eigenvalue weighted by atomic mass is 9.90. The maximum atomic E-state index is 13.2. The number of pyridine rings is 2. The number of likely N-dealkylation sites (tertiary alicyclic amines) is 1. The molecule has 1 unspecified atom stereocenters. The van der Waals surface area contributed by atoms with Crippen LogP contribution in [0.4, 0.5) is 5.82 Å². The molecule has 26 heavy (non-hydrogen) atoms. The van der Waals surface area contributed by atoms with E-state index in [9.17, 15) is 4.79 Å². The van der Waals surface area contributed by atoms with E-state index in [0.717, 1.165) is 48.2 Å². The Morgan fingerprint density at radius 3 is 2.96 bits per heavy atom. The molecule has 1 aromatic carbocycles. The lowest BCUT2D eigenvalue weighted by Gasteiger charge is -2.33. The molecule has 3 heterocycles. The molecule has 0 spiro atoms. The average molecular weight is 346 g/mol. The highest BCUT2D eigenvalue weighted by atomic mass is 16.2. The molecule has 4 rings (SSSR count). The van der Waals surface area contributed by atoms with Crippen LogP contribution in [0.1, 0.15) is 34.7 Å². The topological polar surface area (TPSA) is 58.1 Å². The second-order valence-corrected chi connectivity index (χ2v) is 6.69. The second-order valence-electron chi connectivity index (χ2n) is 6.69. The molecule has 1 atom stereocenters. The number of hydrogen-bond donors (Lipinski definition) is 1. The molecular weight excluding hydrogens is 324 g/mol. The van der Waals surface area contributed by atoms with E-state index in [4.69, 9.17) is 0 Å². The third-order valence-electron chi connectivity index (χ3n) is 5.10. The fourth-order valence-electron chi connectivity index (χ4n) is 3.73. The summed E-state index contributed by atoms with van der Waals surface area (Å²) in [5.41, 5.74) is 2.84. The highest BCUT2D eigenvalue weighted by Gasteiger charge is 2.26. The number of amides is 1. The molecule has 1 aliphatic rings. The number of rotatable bonds is 3. The van der Waals surface area contributed by atoms with E-state index in [1.807, 2.05) is 48.5 Å². The summed E-state index contributed by atoms with van der Waals surface area (Å²) in [6, 6.07) is 13.8. The van der Waals surface area contributed by atoms with Crippen molar-refractivity contribution in [2.45, 2.75) is 18.8 Å². The SMILES string of the molecule is CNc1cc(C2CCCN(C(=O)c3cccc4ncccc34)C2)ccn1. The molecule has 1 fully saturated rings. The summed E-state index contributed by atoms with van der Waals surface area (Å²) in [6.45, 7) is 1.54. The van der Waals surface area contributed by atoms with Gasteiger partial charge in [0, 0.05) is 49.4 Å². The van der Waals surface area contributed by atoms with Crippen LogP contribution in [-0.2, 0) is 0 Å². The van der Waals surface area contributed by atoms with Crippen LogP contribution in [0.2, 0.25) is 0 Å². The zero-order valence-corrected chi connectivity index (χ0v) is 14.9. The van der Waals surface area contributed by atoms with Gasteiger partial charge in [0.2, 0.25) is 0 Å². The minimum atomic E-state index is 0.0937. The Hall–Kier alpha value is -2.95. The molecule has 3 aromatic rings. The molecule has 0 radical (unpaired) electrons. The normalized spacial score (nSPS) is 17.3. The predicted molar refractivity (Wildman–Crippen MR) is 103 cm³/mol. The number of hydrogen-bond acceptors (Lipinski definition) is 4. The van der Waals surface area contributed by atoms with Crippen LogP contribution in [0.5, 0.6) is 0 Å². The van der Waals surface area contributed by atoms with E-state index < -0.39 is 0 Å². The second kappa shape index (κ2) is 7.12. The number of fused-ring (bicyclic) bond motifs is 1. The first-order chi connectivity index (χ1) is 12.8. The molecule has 5 heteroatoms. The van der Waals surface area contributed by atoms with E-state index in [2.05, 4.69) is 27.4 Å². The van der Waals surface area contributed by atoms with Gasteiger partial charge < -0.3 is 10.2 Å². The lowest BCUT2D eigenvalue weighted by Crippen LogP contribution is -2.39. The van der Waals surface area contributed by atoms with Crippen LogP contribution < -0.4 is 5.32 Å². The van der Waals surface area contributed by atoms with Crippen LogP contribution in [0, 0.1) is 0 Å². The molecule has 1 saturated heterocycles. The van der Waals surface area contributed by atoms with Crippen molar-refractivity contribution in [3.63, 3.8) is 0 Å². The Labute approximate surface area is 153 Å². The molecule has 5 nitrogen and oxygen atoms in total. The zero-order valence-electron chi connectivity index (χ0n) is 14.9. The summed E-state index contributed by atoms with van der Waals surface area (Å²) in [5, 5.41) is 4.01. The fraction of sp³-hybridized carbons (Fsp3) is 0.286. The van der Waals surface area contributed by atoms with E-state index in [1.54, 1.807) is 6.20 Å². The summed E-state index contributed by atoms with van der Waals surface area (Å²) in [5.74, 6) is 1.30. The number of aromatic nitrogens is 2. The van der Waals surface area contributed by atoms with E-state index >= 15 is 0 Å². The number of benzene rings is 1. The van der Waals surface area contributed by atoms with E-state index in [0.29, 0.717) is 5.92 Å². The molecule has 0 saturated carbocycles. The Bertz CT molecular complexity index is 935. The maximum Gasteiger partial charge on any atom is 0.254 e. The van der Waals surface area contributed by atoms with Gasteiger partial charge in [-0.05, 0) is 48.7 Å². The molecule has 2 aromatic heterocycles. The Balaban J connectivity index is 1.60. The zero-order chi connectivity index (χ0) is 17.9. The molecule has 1 amide bonds. The van der Waals surface area contributed by atoms with Gasteiger partial charge in [-0.15, -0.1) is 0 Å². The van der Waals surface area contributed by atoms with Crippen molar-refractivity contribution >= 4 is 22.6 Å². The van der Waals surface area contributed by atoms with Crippen molar-refractivity contribution in [2.75, 3.05) is 25.5 Å². The molecular formula is C21H22N4O. The summed E-state index contributed by atoms with van der Waals surface area (Å²) in [4.78, 5) is 23.8. The summed E-state index contributed by atoms with van der Waals surface area (Å²) in [7, 11) is 1.87. The molecule has 1 aliphatic heterocycles. The van der Waals surface area contributed by atoms with Crippen molar-refractivity contribution < 1.29 is 4.79 Å². The van der Waals surface area contributed by atoms with E-state index in [1.165, 1.54) is 5.56 Å². The van der Waals surface area contributed by atoms with Crippen LogP contribution in [-0.4, -0.2) is 40.9 Å². The average Bonchev–Trinajstić information content (AvgIpc) is 2.73. The highest BCUT2D eigenvalue weighted by molar-refractivity contribution is 6.06. The smallest absolute Gasteiger partial charge is 0.254 e.